The lowest BCUT2D eigenvalue weighted by Crippen LogP contribution is -2.62. The summed E-state index contributed by atoms with van der Waals surface area (Å²) in [4.78, 5) is 7.00. The second-order valence-corrected chi connectivity index (χ2v) is 8.98. The van der Waals surface area contributed by atoms with Gasteiger partial charge in [0.15, 0.2) is 0 Å². The molecule has 0 radical (unpaired) electrons. The third-order valence-corrected chi connectivity index (χ3v) is 5.31. The van der Waals surface area contributed by atoms with E-state index in [1.807, 2.05) is 18.5 Å². The first-order valence-corrected chi connectivity index (χ1v) is 9.33. The predicted molar refractivity (Wildman–Crippen MR) is 97.9 cm³/mol. The smallest absolute Gasteiger partial charge is 0.0507 e. The SMILES string of the molecule is CC1(C)CC(N(Cc2cccnc2)CC2CCOC2)CC(C)(C)N1. The van der Waals surface area contributed by atoms with Gasteiger partial charge in [0.25, 0.3) is 0 Å². The highest BCUT2D eigenvalue weighted by atomic mass is 16.5. The van der Waals surface area contributed by atoms with Crippen LogP contribution in [-0.2, 0) is 11.3 Å². The van der Waals surface area contributed by atoms with Crippen molar-refractivity contribution in [2.45, 2.75) is 70.6 Å². The van der Waals surface area contributed by atoms with Gasteiger partial charge in [-0.2, -0.15) is 0 Å². The molecule has 24 heavy (non-hydrogen) atoms. The van der Waals surface area contributed by atoms with Gasteiger partial charge in [-0.05, 0) is 64.5 Å². The van der Waals surface area contributed by atoms with Gasteiger partial charge in [-0.25, -0.2) is 0 Å². The van der Waals surface area contributed by atoms with Crippen molar-refractivity contribution >= 4 is 0 Å². The number of nitrogens with zero attached hydrogens (tertiary/aromatic N) is 2. The van der Waals surface area contributed by atoms with E-state index in [9.17, 15) is 0 Å². The molecular formula is C20H33N3O. The zero-order chi connectivity index (χ0) is 17.2. The molecule has 2 aliphatic rings. The van der Waals surface area contributed by atoms with Crippen molar-refractivity contribution in [2.24, 2.45) is 5.92 Å². The second-order valence-electron chi connectivity index (χ2n) is 8.98. The molecule has 1 aromatic rings. The average Bonchev–Trinajstić information content (AvgIpc) is 2.97. The summed E-state index contributed by atoms with van der Waals surface area (Å²) in [6, 6.07) is 4.84. The van der Waals surface area contributed by atoms with Crippen molar-refractivity contribution < 1.29 is 4.74 Å². The Balaban J connectivity index is 1.77. The highest BCUT2D eigenvalue weighted by Crippen LogP contribution is 2.33. The molecule has 1 aromatic heterocycles. The molecule has 4 heteroatoms. The molecule has 0 amide bonds. The van der Waals surface area contributed by atoms with Crippen molar-refractivity contribution in [3.63, 3.8) is 0 Å². The second kappa shape index (κ2) is 7.11. The van der Waals surface area contributed by atoms with Crippen molar-refractivity contribution in [1.82, 2.24) is 15.2 Å². The van der Waals surface area contributed by atoms with Gasteiger partial charge in [0.1, 0.15) is 0 Å². The molecule has 3 heterocycles. The van der Waals surface area contributed by atoms with Crippen molar-refractivity contribution in [1.29, 1.82) is 0 Å². The molecule has 0 aromatic carbocycles. The van der Waals surface area contributed by atoms with Crippen LogP contribution in [0.3, 0.4) is 0 Å². The van der Waals surface area contributed by atoms with Crippen LogP contribution in [-0.4, -0.2) is 46.8 Å². The largest absolute Gasteiger partial charge is 0.381 e. The predicted octanol–water partition coefficient (Wildman–Crippen LogP) is 3.23. The number of nitrogens with one attached hydrogen (secondary N) is 1. The lowest BCUT2D eigenvalue weighted by molar-refractivity contribution is 0.0492. The lowest BCUT2D eigenvalue weighted by atomic mass is 9.78. The number of ether oxygens (including phenoxy) is 1. The minimum Gasteiger partial charge on any atom is -0.381 e. The summed E-state index contributed by atoms with van der Waals surface area (Å²) in [5, 5.41) is 3.81. The van der Waals surface area contributed by atoms with Crippen LogP contribution in [0.15, 0.2) is 24.5 Å². The number of hydrogen-bond acceptors (Lipinski definition) is 4. The fraction of sp³-hybridized carbons (Fsp3) is 0.750. The van der Waals surface area contributed by atoms with E-state index in [1.165, 1.54) is 24.8 Å². The first kappa shape index (κ1) is 17.8. The third kappa shape index (κ3) is 4.78. The topological polar surface area (TPSA) is 37.4 Å². The number of aromatic nitrogens is 1. The van der Waals surface area contributed by atoms with E-state index in [4.69, 9.17) is 4.74 Å². The number of hydrogen-bond donors (Lipinski definition) is 1. The summed E-state index contributed by atoms with van der Waals surface area (Å²) in [6.45, 7) is 13.3. The minimum absolute atomic E-state index is 0.172. The summed E-state index contributed by atoms with van der Waals surface area (Å²) in [5.74, 6) is 0.669. The molecule has 1 atom stereocenters. The van der Waals surface area contributed by atoms with Crippen LogP contribution in [0.2, 0.25) is 0 Å². The van der Waals surface area contributed by atoms with E-state index < -0.39 is 0 Å². The fourth-order valence-electron chi connectivity index (χ4n) is 4.65. The van der Waals surface area contributed by atoms with E-state index in [-0.39, 0.29) is 11.1 Å². The van der Waals surface area contributed by atoms with Crippen LogP contribution in [0, 0.1) is 5.92 Å². The van der Waals surface area contributed by atoms with Crippen LogP contribution in [0.1, 0.15) is 52.5 Å². The monoisotopic (exact) mass is 331 g/mol. The van der Waals surface area contributed by atoms with E-state index in [2.05, 4.69) is 49.0 Å². The van der Waals surface area contributed by atoms with Gasteiger partial charge in [-0.1, -0.05) is 6.07 Å². The third-order valence-electron chi connectivity index (χ3n) is 5.31. The van der Waals surface area contributed by atoms with E-state index in [0.717, 1.165) is 26.3 Å². The maximum atomic E-state index is 5.63. The Morgan fingerprint density at radius 2 is 2.00 bits per heavy atom. The highest BCUT2D eigenvalue weighted by Gasteiger charge is 2.40. The van der Waals surface area contributed by atoms with Crippen LogP contribution < -0.4 is 5.32 Å². The molecule has 2 fully saturated rings. The van der Waals surface area contributed by atoms with Crippen molar-refractivity contribution in [2.75, 3.05) is 19.8 Å². The quantitative estimate of drug-likeness (QED) is 0.899. The molecule has 1 unspecified atom stereocenters. The first-order valence-electron chi connectivity index (χ1n) is 9.33. The molecule has 0 bridgehead atoms. The van der Waals surface area contributed by atoms with E-state index in [0.29, 0.717) is 12.0 Å². The summed E-state index contributed by atoms with van der Waals surface area (Å²) in [7, 11) is 0. The van der Waals surface area contributed by atoms with Crippen molar-refractivity contribution in [3.05, 3.63) is 30.1 Å². The summed E-state index contributed by atoms with van der Waals surface area (Å²) in [5.41, 5.74) is 1.66. The van der Waals surface area contributed by atoms with Crippen molar-refractivity contribution in [3.8, 4) is 0 Å². The molecule has 2 saturated heterocycles. The van der Waals surface area contributed by atoms with Gasteiger partial charge in [0, 0.05) is 49.2 Å². The Morgan fingerprint density at radius 3 is 2.58 bits per heavy atom. The van der Waals surface area contributed by atoms with E-state index in [1.54, 1.807) is 0 Å². The Kier molecular flexibility index (Phi) is 5.28. The number of piperidine rings is 1. The summed E-state index contributed by atoms with van der Waals surface area (Å²) < 4.78 is 5.63. The van der Waals surface area contributed by atoms with Gasteiger partial charge in [0.05, 0.1) is 6.61 Å². The van der Waals surface area contributed by atoms with E-state index >= 15 is 0 Å². The van der Waals surface area contributed by atoms with Crippen LogP contribution in [0.4, 0.5) is 0 Å². The standard InChI is InChI=1S/C20H33N3O/c1-19(2)10-18(11-20(3,4)22-19)23(14-17-7-9-24-15-17)13-16-6-5-8-21-12-16/h5-6,8,12,17-18,22H,7,9-11,13-15H2,1-4H3. The summed E-state index contributed by atoms with van der Waals surface area (Å²) in [6.07, 6.45) is 7.43. The van der Waals surface area contributed by atoms with Crippen LogP contribution >= 0.6 is 0 Å². The Labute approximate surface area is 147 Å². The number of rotatable bonds is 5. The van der Waals surface area contributed by atoms with Crippen LogP contribution in [0.5, 0.6) is 0 Å². The Bertz CT molecular complexity index is 507. The van der Waals surface area contributed by atoms with Gasteiger partial charge >= 0.3 is 0 Å². The normalized spacial score (nSPS) is 26.8. The summed E-state index contributed by atoms with van der Waals surface area (Å²) >= 11 is 0. The fourth-order valence-corrected chi connectivity index (χ4v) is 4.65. The zero-order valence-corrected chi connectivity index (χ0v) is 15.7. The van der Waals surface area contributed by atoms with Gasteiger partial charge in [0.2, 0.25) is 0 Å². The maximum absolute atomic E-state index is 5.63. The highest BCUT2D eigenvalue weighted by molar-refractivity contribution is 5.09. The van der Waals surface area contributed by atoms with Gasteiger partial charge in [-0.15, -0.1) is 0 Å². The number of pyridine rings is 1. The maximum Gasteiger partial charge on any atom is 0.0507 e. The van der Waals surface area contributed by atoms with Crippen LogP contribution in [0.25, 0.3) is 0 Å². The van der Waals surface area contributed by atoms with Gasteiger partial charge in [-0.3, -0.25) is 9.88 Å². The molecule has 134 valence electrons. The molecule has 0 saturated carbocycles. The van der Waals surface area contributed by atoms with Gasteiger partial charge < -0.3 is 10.1 Å². The molecule has 0 spiro atoms. The average molecular weight is 332 g/mol. The Hall–Kier alpha value is -0.970. The molecule has 0 aliphatic carbocycles. The molecule has 3 rings (SSSR count). The molecule has 1 N–H and O–H groups in total. The minimum atomic E-state index is 0.172. The molecule has 4 nitrogen and oxygen atoms in total. The molecule has 2 aliphatic heterocycles. The lowest BCUT2D eigenvalue weighted by Gasteiger charge is -2.50. The first-order chi connectivity index (χ1) is 11.3. The zero-order valence-electron chi connectivity index (χ0n) is 15.7. The Morgan fingerprint density at radius 1 is 1.25 bits per heavy atom. The molecular weight excluding hydrogens is 298 g/mol.